The minimum atomic E-state index is -1.70. The van der Waals surface area contributed by atoms with Crippen LogP contribution in [0.25, 0.3) is 20.9 Å². The lowest BCUT2D eigenvalue weighted by atomic mass is 9.80. The molecule has 0 unspecified atom stereocenters. The number of azide groups is 2. The lowest BCUT2D eigenvalue weighted by molar-refractivity contribution is -0.137. The zero-order valence-electron chi connectivity index (χ0n) is 22.0. The van der Waals surface area contributed by atoms with Crippen LogP contribution in [0.2, 0.25) is 0 Å². The second-order valence-corrected chi connectivity index (χ2v) is 9.15. The Labute approximate surface area is 235 Å². The van der Waals surface area contributed by atoms with Crippen LogP contribution < -0.4 is 10.2 Å². The van der Waals surface area contributed by atoms with Crippen molar-refractivity contribution in [1.82, 2.24) is 5.48 Å². The third-order valence-electron chi connectivity index (χ3n) is 6.66. The number of aliphatic hydroxyl groups excluding tert-OH is 1. The number of nitrogens with one attached hydrogen (secondary N) is 1. The number of aliphatic hydroxyl groups is 1. The van der Waals surface area contributed by atoms with Crippen LogP contribution in [0, 0.1) is 0 Å². The van der Waals surface area contributed by atoms with Gasteiger partial charge in [-0.25, -0.2) is 10.5 Å². The highest BCUT2D eigenvalue weighted by atomic mass is 16.5. The zero-order valence-corrected chi connectivity index (χ0v) is 22.0. The third-order valence-corrected chi connectivity index (χ3v) is 6.66. The van der Waals surface area contributed by atoms with Gasteiger partial charge in [0, 0.05) is 34.8 Å². The molecule has 2 atom stereocenters. The molecule has 0 saturated carbocycles. The fourth-order valence-electron chi connectivity index (χ4n) is 4.68. The number of benzene rings is 3. The van der Waals surface area contributed by atoms with Crippen molar-refractivity contribution in [3.8, 4) is 5.75 Å². The van der Waals surface area contributed by atoms with Gasteiger partial charge in [0.05, 0.1) is 19.7 Å². The smallest absolute Gasteiger partial charge is 0.275 e. The first kappa shape index (κ1) is 28.9. The van der Waals surface area contributed by atoms with Gasteiger partial charge < -0.3 is 14.6 Å². The molecule has 13 nitrogen and oxygen atoms in total. The van der Waals surface area contributed by atoms with Crippen LogP contribution in [0.1, 0.15) is 40.3 Å². The third kappa shape index (κ3) is 6.57. The SMILES string of the molecule is [N-]=[N+]=NCc1ccccc1C[C@]1(C(=O)NO)N=C(c2ccc(OCCCO)cc2)O[C@H]1c1ccccc1CN=[N+]=[N-]. The first-order chi connectivity index (χ1) is 20.1. The molecule has 0 saturated heterocycles. The van der Waals surface area contributed by atoms with Gasteiger partial charge >= 0.3 is 0 Å². The molecule has 13 heteroatoms. The average molecular weight is 557 g/mol. The Morgan fingerprint density at radius 3 is 2.27 bits per heavy atom. The number of nitrogens with zero attached hydrogens (tertiary/aromatic N) is 7. The largest absolute Gasteiger partial charge is 0.494 e. The molecule has 3 N–H and O–H groups in total. The van der Waals surface area contributed by atoms with Crippen molar-refractivity contribution in [1.29, 1.82) is 0 Å². The van der Waals surface area contributed by atoms with Crippen LogP contribution in [-0.2, 0) is 29.0 Å². The van der Waals surface area contributed by atoms with E-state index in [1.165, 1.54) is 0 Å². The van der Waals surface area contributed by atoms with Crippen LogP contribution in [0.3, 0.4) is 0 Å². The standard InChI is InChI=1S/C28H28N8O5/c29-35-31-17-21-7-2-1-6-20(21)16-28(27(38)34-39)25(24-9-4-3-8-22(24)18-32-36-30)41-26(33-28)19-10-12-23(13-11-19)40-15-5-14-37/h1-4,6-13,25,37,39H,5,14-18H2,(H,34,38)/t25-,28-/m0/s1. The quantitative estimate of drug-likeness (QED) is 0.0658. The highest BCUT2D eigenvalue weighted by Gasteiger charge is 2.54. The van der Waals surface area contributed by atoms with Crippen LogP contribution in [0.4, 0.5) is 0 Å². The van der Waals surface area contributed by atoms with Gasteiger partial charge in [0.15, 0.2) is 11.6 Å². The summed E-state index contributed by atoms with van der Waals surface area (Å²) in [5.74, 6) is -0.0614. The summed E-state index contributed by atoms with van der Waals surface area (Å²) in [5, 5.41) is 26.3. The number of ether oxygens (including phenoxy) is 2. The summed E-state index contributed by atoms with van der Waals surface area (Å²) in [5.41, 5.74) is 21.0. The van der Waals surface area contributed by atoms with Crippen molar-refractivity contribution < 1.29 is 24.6 Å². The molecule has 0 spiro atoms. The Hall–Kier alpha value is -5.06. The van der Waals surface area contributed by atoms with Crippen LogP contribution in [0.15, 0.2) is 88.0 Å². The van der Waals surface area contributed by atoms with Crippen LogP contribution in [0.5, 0.6) is 5.75 Å². The Bertz CT molecular complexity index is 1500. The Morgan fingerprint density at radius 1 is 0.976 bits per heavy atom. The monoisotopic (exact) mass is 556 g/mol. The van der Waals surface area contributed by atoms with Gasteiger partial charge in [-0.3, -0.25) is 10.0 Å². The number of aliphatic imine (C=N–C) groups is 1. The van der Waals surface area contributed by atoms with Crippen molar-refractivity contribution in [3.63, 3.8) is 0 Å². The lowest BCUT2D eigenvalue weighted by Gasteiger charge is -2.31. The van der Waals surface area contributed by atoms with E-state index in [0.717, 1.165) is 0 Å². The van der Waals surface area contributed by atoms with Crippen molar-refractivity contribution in [2.45, 2.75) is 37.6 Å². The number of rotatable bonds is 13. The summed E-state index contributed by atoms with van der Waals surface area (Å²) in [6, 6.07) is 21.2. The normalized spacial score (nSPS) is 17.4. The van der Waals surface area contributed by atoms with Gasteiger partial charge in [0.2, 0.25) is 5.90 Å². The van der Waals surface area contributed by atoms with E-state index in [0.29, 0.717) is 46.6 Å². The predicted molar refractivity (Wildman–Crippen MR) is 149 cm³/mol. The molecule has 3 aromatic carbocycles. The molecule has 1 aliphatic heterocycles. The summed E-state index contributed by atoms with van der Waals surface area (Å²) in [7, 11) is 0. The van der Waals surface area contributed by atoms with E-state index in [4.69, 9.17) is 30.6 Å². The van der Waals surface area contributed by atoms with Crippen LogP contribution in [-0.4, -0.2) is 40.9 Å². The molecule has 1 aliphatic rings. The highest BCUT2D eigenvalue weighted by Crippen LogP contribution is 2.44. The molecule has 1 amide bonds. The molecule has 1 heterocycles. The maximum absolute atomic E-state index is 13.6. The second kappa shape index (κ2) is 13.8. The van der Waals surface area contributed by atoms with E-state index in [-0.39, 0.29) is 32.0 Å². The minimum absolute atomic E-state index is 0.00599. The first-order valence-corrected chi connectivity index (χ1v) is 12.8. The van der Waals surface area contributed by atoms with Gasteiger partial charge in [-0.05, 0) is 57.6 Å². The van der Waals surface area contributed by atoms with E-state index in [9.17, 15) is 10.0 Å². The Morgan fingerprint density at radius 2 is 1.61 bits per heavy atom. The predicted octanol–water partition coefficient (Wildman–Crippen LogP) is 5.07. The van der Waals surface area contributed by atoms with E-state index in [2.05, 4.69) is 20.1 Å². The van der Waals surface area contributed by atoms with Gasteiger partial charge in [-0.2, -0.15) is 0 Å². The molecular formula is C28H28N8O5. The number of hydrogen-bond acceptors (Lipinski definition) is 8. The molecule has 3 aromatic rings. The minimum Gasteiger partial charge on any atom is -0.494 e. The molecular weight excluding hydrogens is 528 g/mol. The summed E-state index contributed by atoms with van der Waals surface area (Å²) < 4.78 is 12.0. The van der Waals surface area contributed by atoms with Crippen molar-refractivity contribution in [2.75, 3.05) is 13.2 Å². The van der Waals surface area contributed by atoms with Gasteiger partial charge in [-0.15, -0.1) is 0 Å². The summed E-state index contributed by atoms with van der Waals surface area (Å²) in [6.07, 6.45) is -0.542. The topological polar surface area (TPSA) is 198 Å². The first-order valence-electron chi connectivity index (χ1n) is 12.8. The van der Waals surface area contributed by atoms with E-state index < -0.39 is 17.6 Å². The zero-order chi connectivity index (χ0) is 29.1. The van der Waals surface area contributed by atoms with Gasteiger partial charge in [0.25, 0.3) is 5.91 Å². The average Bonchev–Trinajstić information content (AvgIpc) is 3.39. The second-order valence-electron chi connectivity index (χ2n) is 9.15. The number of amides is 1. The molecule has 41 heavy (non-hydrogen) atoms. The van der Waals surface area contributed by atoms with Crippen LogP contribution >= 0.6 is 0 Å². The number of hydroxylamine groups is 1. The number of carbonyl (C=O) groups is 1. The summed E-state index contributed by atoms with van der Waals surface area (Å²) >= 11 is 0. The summed E-state index contributed by atoms with van der Waals surface area (Å²) in [4.78, 5) is 24.1. The lowest BCUT2D eigenvalue weighted by Crippen LogP contribution is -2.49. The van der Waals surface area contributed by atoms with Crippen molar-refractivity contribution in [2.24, 2.45) is 15.2 Å². The molecule has 0 aliphatic carbocycles. The highest BCUT2D eigenvalue weighted by molar-refractivity contribution is 6.01. The molecule has 0 bridgehead atoms. The molecule has 0 aromatic heterocycles. The van der Waals surface area contributed by atoms with E-state index >= 15 is 0 Å². The van der Waals surface area contributed by atoms with E-state index in [1.54, 1.807) is 78.3 Å². The number of carbonyl (C=O) groups excluding carboxylic acids is 1. The van der Waals surface area contributed by atoms with Gasteiger partial charge in [-0.1, -0.05) is 58.8 Å². The summed E-state index contributed by atoms with van der Waals surface area (Å²) in [6.45, 7) is 0.432. The molecule has 4 rings (SSSR count). The maximum atomic E-state index is 13.6. The maximum Gasteiger partial charge on any atom is 0.275 e. The number of hydrogen-bond donors (Lipinski definition) is 3. The van der Waals surface area contributed by atoms with Crippen molar-refractivity contribution in [3.05, 3.63) is 121 Å². The molecule has 0 fully saturated rings. The molecule has 0 radical (unpaired) electrons. The fourth-order valence-corrected chi connectivity index (χ4v) is 4.68. The van der Waals surface area contributed by atoms with Gasteiger partial charge in [0.1, 0.15) is 5.75 Å². The molecule has 210 valence electrons. The fraction of sp³-hybridized carbons (Fsp3) is 0.286. The Balaban J connectivity index is 1.84. The van der Waals surface area contributed by atoms with E-state index in [1.807, 2.05) is 0 Å². The Kier molecular flexibility index (Phi) is 9.76. The van der Waals surface area contributed by atoms with Crippen molar-refractivity contribution >= 4 is 11.8 Å².